The van der Waals surface area contributed by atoms with Crippen molar-refractivity contribution in [1.82, 2.24) is 0 Å². The average Bonchev–Trinajstić information content (AvgIpc) is 1.35. The van der Waals surface area contributed by atoms with Crippen molar-refractivity contribution in [3.8, 4) is 0 Å². The van der Waals surface area contributed by atoms with Crippen LogP contribution in [0.4, 0.5) is 0 Å². The van der Waals surface area contributed by atoms with Gasteiger partial charge in [0.05, 0.1) is 0 Å². The van der Waals surface area contributed by atoms with Gasteiger partial charge >= 0.3 is 38.8 Å². The van der Waals surface area contributed by atoms with Crippen LogP contribution in [0.15, 0.2) is 0 Å². The van der Waals surface area contributed by atoms with Crippen LogP contribution in [0.1, 0.15) is 6.92 Å². The molecule has 0 aromatic carbocycles. The Morgan fingerprint density at radius 2 is 1.67 bits per heavy atom. The minimum absolute atomic E-state index is 0.965. The molecule has 0 atom stereocenters. The molecule has 0 aliphatic heterocycles. The van der Waals surface area contributed by atoms with E-state index in [1.54, 1.807) is 0 Å². The van der Waals surface area contributed by atoms with Gasteiger partial charge in [-0.3, -0.25) is 0 Å². The molecular weight excluding hydrogens is 95.0 g/mol. The van der Waals surface area contributed by atoms with Gasteiger partial charge in [0.1, 0.15) is 0 Å². The van der Waals surface area contributed by atoms with E-state index in [1.165, 1.54) is 0 Å². The third kappa shape index (κ3) is 4.39. The van der Waals surface area contributed by atoms with E-state index in [4.69, 9.17) is 4.89 Å². The summed E-state index contributed by atoms with van der Waals surface area (Å²) in [4.78, 5) is 8.97. The van der Waals surface area contributed by atoms with E-state index >= 15 is 0 Å². The molecule has 0 aliphatic carbocycles. The summed E-state index contributed by atoms with van der Waals surface area (Å²) in [7, 11) is -1.63. The first kappa shape index (κ1) is 6.39. The summed E-state index contributed by atoms with van der Waals surface area (Å²) in [6, 6.07) is 0. The fourth-order valence-electron chi connectivity index (χ4n) is 0. The van der Waals surface area contributed by atoms with E-state index in [-0.39, 0.29) is 0 Å². The Kier molecular flexibility index (Phi) is 2.03. The van der Waals surface area contributed by atoms with E-state index in [2.05, 4.69) is 0 Å². The molecule has 1 nitrogen and oxygen atoms in total. The molecule has 40 valence electrons. The third-order valence-corrected chi connectivity index (χ3v) is 2.60. The fraction of sp³-hybridized carbons (Fsp3) is 1.00. The molecule has 0 bridgehead atoms. The van der Waals surface area contributed by atoms with Gasteiger partial charge in [-0.2, -0.15) is 0 Å². The van der Waals surface area contributed by atoms with Gasteiger partial charge in [-0.15, -0.1) is 0 Å². The summed E-state index contributed by atoms with van der Waals surface area (Å²) >= 11 is 0. The van der Waals surface area contributed by atoms with E-state index < -0.39 is 7.49 Å². The summed E-state index contributed by atoms with van der Waals surface area (Å²) in [5, 5.41) is 0. The Bertz CT molecular complexity index is 37.3. The Morgan fingerprint density at radius 3 is 1.67 bits per heavy atom. The second-order valence-electron chi connectivity index (χ2n) is 2.17. The molecule has 0 heterocycles. The van der Waals surface area contributed by atoms with Gasteiger partial charge in [-0.05, 0) is 0 Å². The molecule has 0 unspecified atom stereocenters. The molecule has 0 aromatic heterocycles. The van der Waals surface area contributed by atoms with Crippen molar-refractivity contribution in [3.05, 3.63) is 0 Å². The van der Waals surface area contributed by atoms with Crippen LogP contribution >= 0.6 is 7.49 Å². The number of rotatable bonds is 1. The summed E-state index contributed by atoms with van der Waals surface area (Å²) in [6.07, 6.45) is 0.965. The van der Waals surface area contributed by atoms with Crippen LogP contribution in [-0.2, 0) is 0 Å². The molecule has 0 radical (unpaired) electrons. The van der Waals surface area contributed by atoms with Crippen LogP contribution in [0.25, 0.3) is 0 Å². The third-order valence-electron chi connectivity index (χ3n) is 0.865. The van der Waals surface area contributed by atoms with Crippen molar-refractivity contribution in [1.29, 1.82) is 0 Å². The zero-order valence-electron chi connectivity index (χ0n) is 4.65. The number of hydrogen-bond donors (Lipinski definition) is 1. The van der Waals surface area contributed by atoms with Crippen molar-refractivity contribution in [2.24, 2.45) is 0 Å². The van der Waals surface area contributed by atoms with Crippen molar-refractivity contribution in [3.63, 3.8) is 0 Å². The van der Waals surface area contributed by atoms with Crippen LogP contribution in [0, 0.1) is 0 Å². The quantitative estimate of drug-likeness (QED) is 0.495. The Labute approximate surface area is 39.8 Å². The van der Waals surface area contributed by atoms with Gasteiger partial charge in [0.2, 0.25) is 0 Å². The normalized spacial score (nSPS) is 14.7. The summed E-state index contributed by atoms with van der Waals surface area (Å²) < 4.78 is 0. The molecule has 1 N–H and O–H groups in total. The van der Waals surface area contributed by atoms with Crippen LogP contribution in [0.3, 0.4) is 0 Å². The van der Waals surface area contributed by atoms with Crippen LogP contribution in [0.2, 0.25) is 0 Å². The molecule has 0 aromatic rings. The van der Waals surface area contributed by atoms with Crippen LogP contribution < -0.4 is 0 Å². The topological polar surface area (TPSA) is 20.2 Å². The Morgan fingerprint density at radius 1 is 1.50 bits per heavy atom. The molecule has 0 amide bonds. The molecule has 2 heteroatoms. The SMILES string of the molecule is CC[PH](C)(C)O. The van der Waals surface area contributed by atoms with E-state index in [0.717, 1.165) is 6.16 Å². The monoisotopic (exact) mass is 108 g/mol. The molecule has 0 saturated carbocycles. The second-order valence-corrected chi connectivity index (χ2v) is 6.50. The first-order chi connectivity index (χ1) is 2.56. The number of hydrogen-bond acceptors (Lipinski definition) is 1. The van der Waals surface area contributed by atoms with Gasteiger partial charge in [-0.1, -0.05) is 0 Å². The first-order valence-corrected chi connectivity index (χ1v) is 5.44. The van der Waals surface area contributed by atoms with Crippen molar-refractivity contribution >= 4 is 7.49 Å². The van der Waals surface area contributed by atoms with Gasteiger partial charge in [0.15, 0.2) is 0 Å². The second kappa shape index (κ2) is 1.90. The Balaban J connectivity index is 3.17. The minimum atomic E-state index is -1.63. The summed E-state index contributed by atoms with van der Waals surface area (Å²) in [6.45, 7) is 5.90. The predicted octanol–water partition coefficient (Wildman–Crippen LogP) is 0.923. The zero-order chi connectivity index (χ0) is 5.21. The van der Waals surface area contributed by atoms with E-state index in [1.807, 2.05) is 20.3 Å². The van der Waals surface area contributed by atoms with Gasteiger partial charge < -0.3 is 0 Å². The molecule has 0 rings (SSSR count). The van der Waals surface area contributed by atoms with Crippen molar-refractivity contribution < 1.29 is 4.89 Å². The van der Waals surface area contributed by atoms with Gasteiger partial charge in [0, 0.05) is 0 Å². The van der Waals surface area contributed by atoms with E-state index in [0.29, 0.717) is 0 Å². The maximum absolute atomic E-state index is 8.97. The molecule has 0 spiro atoms. The predicted molar refractivity (Wildman–Crippen MR) is 32.9 cm³/mol. The zero-order valence-corrected chi connectivity index (χ0v) is 5.65. The van der Waals surface area contributed by atoms with Crippen LogP contribution in [-0.4, -0.2) is 24.4 Å². The first-order valence-electron chi connectivity index (χ1n) is 2.28. The van der Waals surface area contributed by atoms with Crippen molar-refractivity contribution in [2.45, 2.75) is 6.92 Å². The maximum atomic E-state index is 8.97. The van der Waals surface area contributed by atoms with Gasteiger partial charge in [0.25, 0.3) is 0 Å². The summed E-state index contributed by atoms with van der Waals surface area (Å²) in [5.74, 6) is 0. The molecular formula is C4H13OP. The average molecular weight is 108 g/mol. The molecule has 0 fully saturated rings. The Hall–Kier alpha value is 0.390. The summed E-state index contributed by atoms with van der Waals surface area (Å²) in [5.41, 5.74) is 0. The molecule has 0 aliphatic rings. The van der Waals surface area contributed by atoms with Crippen molar-refractivity contribution in [2.75, 3.05) is 19.5 Å². The fourth-order valence-corrected chi connectivity index (χ4v) is 0. The van der Waals surface area contributed by atoms with Crippen LogP contribution in [0.5, 0.6) is 0 Å². The standard InChI is InChI=1S/C4H13OP/c1-4-6(2,3)5/h5-6H,4H2,1-3H3. The van der Waals surface area contributed by atoms with Gasteiger partial charge in [-0.25, -0.2) is 0 Å². The van der Waals surface area contributed by atoms with E-state index in [9.17, 15) is 0 Å². The molecule has 6 heavy (non-hydrogen) atoms. The molecule has 0 saturated heterocycles.